The molecule has 3 rings (SSSR count). The number of hydrogen-bond acceptors (Lipinski definition) is 3. The van der Waals surface area contributed by atoms with Crippen molar-refractivity contribution in [2.45, 2.75) is 6.61 Å². The van der Waals surface area contributed by atoms with Gasteiger partial charge >= 0.3 is 0 Å². The zero-order valence-electron chi connectivity index (χ0n) is 15.5. The second-order valence-electron chi connectivity index (χ2n) is 6.20. The molecule has 0 saturated heterocycles. The molecule has 0 radical (unpaired) electrons. The highest BCUT2D eigenvalue weighted by atomic mass is 127. The number of nitrogens with zero attached hydrogens (tertiary/aromatic N) is 1. The summed E-state index contributed by atoms with van der Waals surface area (Å²) in [4.78, 5) is 12.4. The fourth-order valence-corrected chi connectivity index (χ4v) is 3.51. The molecular weight excluding hydrogens is 534 g/mol. The summed E-state index contributed by atoms with van der Waals surface area (Å²) in [6.45, 7) is 0.298. The second kappa shape index (κ2) is 10.5. The predicted molar refractivity (Wildman–Crippen MR) is 129 cm³/mol. The van der Waals surface area contributed by atoms with E-state index < -0.39 is 5.91 Å². The number of nitrogens with one attached hydrogen (secondary N) is 1. The maximum absolute atomic E-state index is 12.4. The van der Waals surface area contributed by atoms with Crippen molar-refractivity contribution in [2.24, 2.45) is 0 Å². The predicted octanol–water partition coefficient (Wildman–Crippen LogP) is 6.72. The summed E-state index contributed by atoms with van der Waals surface area (Å²) in [5, 5.41) is 13.3. The molecule has 0 unspecified atom stereocenters. The van der Waals surface area contributed by atoms with Crippen molar-refractivity contribution in [3.05, 3.63) is 97.0 Å². The van der Waals surface area contributed by atoms with Crippen LogP contribution in [-0.4, -0.2) is 5.91 Å². The third kappa shape index (κ3) is 5.99. The molecular formula is C23H15Cl2IN2O2. The average Bonchev–Trinajstić information content (AvgIpc) is 2.74. The smallest absolute Gasteiger partial charge is 0.266 e. The van der Waals surface area contributed by atoms with Gasteiger partial charge in [0.25, 0.3) is 5.91 Å². The van der Waals surface area contributed by atoms with Crippen LogP contribution in [0, 0.1) is 14.9 Å². The maximum Gasteiger partial charge on any atom is 0.266 e. The number of halogens is 3. The standard InChI is InChI=1S/C23H15Cl2IN2O2/c24-18-8-7-16(20(25)12-18)14-30-19-9-5-15(6-10-19)11-17(13-27)23(29)28-22-4-2-1-3-21(22)26/h1-12H,14H2,(H,28,29). The van der Waals surface area contributed by atoms with Crippen LogP contribution in [0.3, 0.4) is 0 Å². The highest BCUT2D eigenvalue weighted by Gasteiger charge is 2.11. The summed E-state index contributed by atoms with van der Waals surface area (Å²) in [6, 6.07) is 21.6. The van der Waals surface area contributed by atoms with E-state index in [1.807, 2.05) is 30.3 Å². The molecule has 0 atom stereocenters. The van der Waals surface area contributed by atoms with Crippen LogP contribution in [0.25, 0.3) is 6.08 Å². The lowest BCUT2D eigenvalue weighted by molar-refractivity contribution is -0.112. The molecule has 0 heterocycles. The quantitative estimate of drug-likeness (QED) is 0.211. The number of benzene rings is 3. The SMILES string of the molecule is N#CC(=Cc1ccc(OCc2ccc(Cl)cc2Cl)cc1)C(=O)Nc1ccccc1I. The summed E-state index contributed by atoms with van der Waals surface area (Å²) in [5.74, 6) is 0.180. The number of hydrogen-bond donors (Lipinski definition) is 1. The first-order chi connectivity index (χ1) is 14.5. The fraction of sp³-hybridized carbons (Fsp3) is 0.0435. The minimum atomic E-state index is -0.459. The van der Waals surface area contributed by atoms with Crippen LogP contribution in [0.5, 0.6) is 5.75 Å². The van der Waals surface area contributed by atoms with E-state index in [1.54, 1.807) is 42.5 Å². The van der Waals surface area contributed by atoms with Gasteiger partial charge < -0.3 is 10.1 Å². The molecule has 150 valence electrons. The first-order valence-electron chi connectivity index (χ1n) is 8.81. The first-order valence-corrected chi connectivity index (χ1v) is 10.6. The molecule has 30 heavy (non-hydrogen) atoms. The molecule has 1 amide bonds. The molecule has 0 fully saturated rings. The van der Waals surface area contributed by atoms with E-state index >= 15 is 0 Å². The van der Waals surface area contributed by atoms with Gasteiger partial charge in [-0.1, -0.05) is 53.5 Å². The molecule has 0 aromatic heterocycles. The van der Waals surface area contributed by atoms with Gasteiger partial charge in [0.15, 0.2) is 0 Å². The molecule has 7 heteroatoms. The van der Waals surface area contributed by atoms with Crippen molar-refractivity contribution in [1.82, 2.24) is 0 Å². The molecule has 0 aliphatic carbocycles. The Labute approximate surface area is 198 Å². The maximum atomic E-state index is 12.4. The van der Waals surface area contributed by atoms with Crippen LogP contribution >= 0.6 is 45.8 Å². The highest BCUT2D eigenvalue weighted by molar-refractivity contribution is 14.1. The Hall–Kier alpha value is -2.53. The largest absolute Gasteiger partial charge is 0.489 e. The number of ether oxygens (including phenoxy) is 1. The Morgan fingerprint density at radius 1 is 1.10 bits per heavy atom. The Kier molecular flexibility index (Phi) is 7.75. The van der Waals surface area contributed by atoms with Crippen molar-refractivity contribution in [1.29, 1.82) is 5.26 Å². The molecule has 3 aromatic rings. The Morgan fingerprint density at radius 3 is 2.50 bits per heavy atom. The minimum absolute atomic E-state index is 0.0104. The van der Waals surface area contributed by atoms with Crippen LogP contribution < -0.4 is 10.1 Å². The van der Waals surface area contributed by atoms with Crippen LogP contribution in [0.4, 0.5) is 5.69 Å². The summed E-state index contributed by atoms with van der Waals surface area (Å²) in [7, 11) is 0. The topological polar surface area (TPSA) is 62.1 Å². The Balaban J connectivity index is 1.66. The molecule has 1 N–H and O–H groups in total. The summed E-state index contributed by atoms with van der Waals surface area (Å²) in [6.07, 6.45) is 1.53. The van der Waals surface area contributed by atoms with E-state index in [1.165, 1.54) is 6.08 Å². The zero-order valence-corrected chi connectivity index (χ0v) is 19.2. The molecule has 0 spiro atoms. The molecule has 3 aromatic carbocycles. The van der Waals surface area contributed by atoms with E-state index in [2.05, 4.69) is 27.9 Å². The second-order valence-corrected chi connectivity index (χ2v) is 8.20. The van der Waals surface area contributed by atoms with Gasteiger partial charge in [-0.2, -0.15) is 5.26 Å². The van der Waals surface area contributed by atoms with E-state index in [9.17, 15) is 10.1 Å². The Morgan fingerprint density at radius 2 is 1.83 bits per heavy atom. The van der Waals surface area contributed by atoms with Gasteiger partial charge in [0.1, 0.15) is 24.0 Å². The lowest BCUT2D eigenvalue weighted by atomic mass is 10.1. The lowest BCUT2D eigenvalue weighted by Crippen LogP contribution is -2.14. The van der Waals surface area contributed by atoms with Crippen molar-refractivity contribution < 1.29 is 9.53 Å². The molecule has 0 bridgehead atoms. The zero-order chi connectivity index (χ0) is 21.5. The summed E-state index contributed by atoms with van der Waals surface area (Å²) >= 11 is 14.2. The van der Waals surface area contributed by atoms with E-state index in [0.717, 1.165) is 9.13 Å². The molecule has 0 aliphatic heterocycles. The van der Waals surface area contributed by atoms with Crippen LogP contribution in [-0.2, 0) is 11.4 Å². The normalized spacial score (nSPS) is 10.9. The van der Waals surface area contributed by atoms with Gasteiger partial charge in [-0.05, 0) is 70.6 Å². The van der Waals surface area contributed by atoms with Crippen LogP contribution in [0.1, 0.15) is 11.1 Å². The third-order valence-electron chi connectivity index (χ3n) is 4.09. The minimum Gasteiger partial charge on any atom is -0.489 e. The average molecular weight is 549 g/mol. The summed E-state index contributed by atoms with van der Waals surface area (Å²) in [5.41, 5.74) is 2.20. The number of para-hydroxylation sites is 1. The van der Waals surface area contributed by atoms with Crippen LogP contribution in [0.15, 0.2) is 72.3 Å². The lowest BCUT2D eigenvalue weighted by Gasteiger charge is -2.09. The van der Waals surface area contributed by atoms with Crippen molar-refractivity contribution in [2.75, 3.05) is 5.32 Å². The van der Waals surface area contributed by atoms with Crippen molar-refractivity contribution in [3.8, 4) is 11.8 Å². The van der Waals surface area contributed by atoms with Gasteiger partial charge in [-0.3, -0.25) is 4.79 Å². The molecule has 4 nitrogen and oxygen atoms in total. The van der Waals surface area contributed by atoms with Crippen molar-refractivity contribution in [3.63, 3.8) is 0 Å². The van der Waals surface area contributed by atoms with Gasteiger partial charge in [-0.25, -0.2) is 0 Å². The van der Waals surface area contributed by atoms with Gasteiger partial charge in [0.2, 0.25) is 0 Å². The van der Waals surface area contributed by atoms with Gasteiger partial charge in [-0.15, -0.1) is 0 Å². The number of anilines is 1. The van der Waals surface area contributed by atoms with Gasteiger partial charge in [0, 0.05) is 19.2 Å². The van der Waals surface area contributed by atoms with E-state index in [4.69, 9.17) is 27.9 Å². The van der Waals surface area contributed by atoms with E-state index in [-0.39, 0.29) is 5.57 Å². The fourth-order valence-electron chi connectivity index (χ4n) is 2.53. The summed E-state index contributed by atoms with van der Waals surface area (Å²) < 4.78 is 6.64. The highest BCUT2D eigenvalue weighted by Crippen LogP contribution is 2.23. The van der Waals surface area contributed by atoms with Crippen molar-refractivity contribution >= 4 is 63.5 Å². The van der Waals surface area contributed by atoms with Gasteiger partial charge in [0.05, 0.1) is 5.69 Å². The number of nitriles is 1. The van der Waals surface area contributed by atoms with E-state index in [0.29, 0.717) is 33.7 Å². The number of amides is 1. The number of rotatable bonds is 6. The number of carbonyl (C=O) groups is 1. The number of carbonyl (C=O) groups excluding carboxylic acids is 1. The monoisotopic (exact) mass is 548 g/mol. The third-order valence-corrected chi connectivity index (χ3v) is 5.62. The first kappa shape index (κ1) is 22.2. The Bertz CT molecular complexity index is 1140. The van der Waals surface area contributed by atoms with Crippen LogP contribution in [0.2, 0.25) is 10.0 Å². The molecule has 0 saturated carbocycles. The molecule has 0 aliphatic rings.